The van der Waals surface area contributed by atoms with Crippen molar-refractivity contribution in [2.45, 2.75) is 26.7 Å². The van der Waals surface area contributed by atoms with E-state index in [4.69, 9.17) is 11.6 Å². The third-order valence-electron chi connectivity index (χ3n) is 2.22. The summed E-state index contributed by atoms with van der Waals surface area (Å²) in [4.78, 5) is 0. The highest BCUT2D eigenvalue weighted by Gasteiger charge is 1.98. The van der Waals surface area contributed by atoms with Crippen molar-refractivity contribution >= 4 is 11.6 Å². The van der Waals surface area contributed by atoms with E-state index in [-0.39, 0.29) is 5.83 Å². The third-order valence-corrected chi connectivity index (χ3v) is 2.67. The van der Waals surface area contributed by atoms with Crippen LogP contribution >= 0.6 is 11.6 Å². The fraction of sp³-hybridized carbons (Fsp3) is 0.286. The molecule has 0 atom stereocenters. The highest BCUT2D eigenvalue weighted by atomic mass is 35.5. The van der Waals surface area contributed by atoms with E-state index in [0.29, 0.717) is 0 Å². The van der Waals surface area contributed by atoms with Gasteiger partial charge in [-0.1, -0.05) is 29.0 Å². The van der Waals surface area contributed by atoms with Gasteiger partial charge in [0.1, 0.15) is 0 Å². The second kappa shape index (κ2) is 6.35. The van der Waals surface area contributed by atoms with Crippen molar-refractivity contribution < 1.29 is 4.39 Å². The number of hydrogen-bond donors (Lipinski definition) is 0. The van der Waals surface area contributed by atoms with Crippen LogP contribution in [0.25, 0.3) is 0 Å². The first-order valence-corrected chi connectivity index (χ1v) is 5.55. The van der Waals surface area contributed by atoms with Gasteiger partial charge >= 0.3 is 0 Å². The van der Waals surface area contributed by atoms with Crippen molar-refractivity contribution in [3.63, 3.8) is 0 Å². The van der Waals surface area contributed by atoms with Gasteiger partial charge in [0.15, 0.2) is 5.83 Å². The zero-order valence-corrected chi connectivity index (χ0v) is 10.2. The molecule has 2 rings (SSSR count). The lowest BCUT2D eigenvalue weighted by molar-refractivity contribution is 0.668. The third kappa shape index (κ3) is 4.51. The van der Waals surface area contributed by atoms with Crippen LogP contribution in [0.1, 0.15) is 26.7 Å². The Bertz CT molecular complexity index is 427. The summed E-state index contributed by atoms with van der Waals surface area (Å²) in [5.74, 6) is -0.351. The van der Waals surface area contributed by atoms with Gasteiger partial charge in [0.2, 0.25) is 0 Å². The van der Waals surface area contributed by atoms with Crippen LogP contribution in [0.5, 0.6) is 0 Å². The van der Waals surface area contributed by atoms with Crippen molar-refractivity contribution in [3.8, 4) is 0 Å². The van der Waals surface area contributed by atoms with Gasteiger partial charge in [-0.2, -0.15) is 4.39 Å². The predicted octanol–water partition coefficient (Wildman–Crippen LogP) is 4.96. The zero-order chi connectivity index (χ0) is 12.0. The summed E-state index contributed by atoms with van der Waals surface area (Å²) in [6, 6.07) is 0. The first kappa shape index (κ1) is 12.8. The van der Waals surface area contributed by atoms with E-state index in [2.05, 4.69) is 24.5 Å². The van der Waals surface area contributed by atoms with Crippen LogP contribution in [-0.2, 0) is 0 Å². The van der Waals surface area contributed by atoms with E-state index in [1.54, 1.807) is 6.08 Å². The minimum atomic E-state index is -0.351. The Morgan fingerprint density at radius 3 is 2.31 bits per heavy atom. The first-order valence-electron chi connectivity index (χ1n) is 5.17. The summed E-state index contributed by atoms with van der Waals surface area (Å²) in [5.41, 5.74) is 7.13. The van der Waals surface area contributed by atoms with Crippen LogP contribution in [0.2, 0.25) is 0 Å². The van der Waals surface area contributed by atoms with Gasteiger partial charge in [-0.25, -0.2) is 0 Å². The molecule has 0 bridgehead atoms. The largest absolute Gasteiger partial charge is 0.197 e. The Hall–Kier alpha value is -1.26. The maximum atomic E-state index is 12.0. The van der Waals surface area contributed by atoms with Crippen molar-refractivity contribution in [2.75, 3.05) is 0 Å². The molecule has 0 aromatic rings. The topological polar surface area (TPSA) is 0 Å². The number of halogens is 2. The molecule has 16 heavy (non-hydrogen) atoms. The van der Waals surface area contributed by atoms with Crippen molar-refractivity contribution in [2.24, 2.45) is 0 Å². The molecule has 0 spiro atoms. The summed E-state index contributed by atoms with van der Waals surface area (Å²) < 4.78 is 12.0. The molecule has 0 saturated heterocycles. The van der Waals surface area contributed by atoms with E-state index in [1.165, 1.54) is 11.6 Å². The second-order valence-electron chi connectivity index (χ2n) is 3.68. The molecular weight excluding hydrogens is 223 g/mol. The SMILES string of the molecule is CC1=C(Cl)C=CCC1.CC1=C=C=C(F)C=C1. The highest BCUT2D eigenvalue weighted by Crippen LogP contribution is 2.20. The second-order valence-corrected chi connectivity index (χ2v) is 4.09. The monoisotopic (exact) mass is 236 g/mol. The van der Waals surface area contributed by atoms with E-state index < -0.39 is 0 Å². The Labute approximate surface area is 101 Å². The first-order chi connectivity index (χ1) is 7.59. The van der Waals surface area contributed by atoms with Crippen LogP contribution in [-0.4, -0.2) is 0 Å². The maximum absolute atomic E-state index is 12.0. The molecule has 2 aliphatic carbocycles. The molecule has 0 nitrogen and oxygen atoms in total. The van der Waals surface area contributed by atoms with Crippen molar-refractivity contribution in [1.29, 1.82) is 0 Å². The van der Waals surface area contributed by atoms with Crippen molar-refractivity contribution in [3.05, 3.63) is 57.8 Å². The standard InChI is InChI=1S/C7H9Cl.C7H5F/c1-6-4-2-3-5-7(6)8;1-6-2-4-7(8)5-3-6/h3,5H,2,4H2,1H3;2,4H,1H3. The molecule has 0 unspecified atom stereocenters. The lowest BCUT2D eigenvalue weighted by Crippen LogP contribution is -1.83. The molecule has 0 N–H and O–H groups in total. The normalized spacial score (nSPS) is 17.8. The molecule has 0 amide bonds. The molecule has 0 aromatic heterocycles. The minimum absolute atomic E-state index is 0.351. The summed E-state index contributed by atoms with van der Waals surface area (Å²) in [7, 11) is 0. The molecule has 2 aliphatic rings. The molecular formula is C14H14ClF. The van der Waals surface area contributed by atoms with Gasteiger partial charge in [-0.05, 0) is 56.2 Å². The van der Waals surface area contributed by atoms with Crippen LogP contribution in [0, 0.1) is 0 Å². The Morgan fingerprint density at radius 1 is 1.19 bits per heavy atom. The van der Waals surface area contributed by atoms with Gasteiger partial charge in [0.25, 0.3) is 0 Å². The average molecular weight is 237 g/mol. The Morgan fingerprint density at radius 2 is 1.94 bits per heavy atom. The predicted molar refractivity (Wildman–Crippen MR) is 66.9 cm³/mol. The Kier molecular flexibility index (Phi) is 5.08. The fourth-order valence-electron chi connectivity index (χ4n) is 1.19. The summed E-state index contributed by atoms with van der Waals surface area (Å²) in [6.07, 6.45) is 9.39. The van der Waals surface area contributed by atoms with E-state index in [0.717, 1.165) is 23.4 Å². The van der Waals surface area contributed by atoms with Crippen LogP contribution in [0.3, 0.4) is 0 Å². The van der Waals surface area contributed by atoms with E-state index in [1.807, 2.05) is 13.0 Å². The van der Waals surface area contributed by atoms with Gasteiger partial charge in [0.05, 0.1) is 0 Å². The molecule has 0 aliphatic heterocycles. The van der Waals surface area contributed by atoms with Crippen LogP contribution < -0.4 is 0 Å². The Balaban J connectivity index is 0.000000160. The quantitative estimate of drug-likeness (QED) is 0.522. The average Bonchev–Trinajstić information content (AvgIpc) is 2.28. The van der Waals surface area contributed by atoms with Gasteiger partial charge in [-0.15, -0.1) is 0 Å². The number of rotatable bonds is 0. The summed E-state index contributed by atoms with van der Waals surface area (Å²) in [6.45, 7) is 3.92. The molecule has 0 aromatic carbocycles. The summed E-state index contributed by atoms with van der Waals surface area (Å²) >= 11 is 5.76. The smallest absolute Gasteiger partial charge is 0.173 e. The zero-order valence-electron chi connectivity index (χ0n) is 9.48. The fourth-order valence-corrected chi connectivity index (χ4v) is 1.37. The summed E-state index contributed by atoms with van der Waals surface area (Å²) in [5, 5.41) is 0.927. The van der Waals surface area contributed by atoms with Crippen LogP contribution in [0.15, 0.2) is 57.8 Å². The van der Waals surface area contributed by atoms with Gasteiger partial charge in [0, 0.05) is 5.03 Å². The van der Waals surface area contributed by atoms with Gasteiger partial charge < -0.3 is 0 Å². The number of allylic oxidation sites excluding steroid dienone is 8. The van der Waals surface area contributed by atoms with Gasteiger partial charge in [-0.3, -0.25) is 0 Å². The van der Waals surface area contributed by atoms with E-state index >= 15 is 0 Å². The molecule has 2 heteroatoms. The maximum Gasteiger partial charge on any atom is 0.173 e. The molecule has 0 fully saturated rings. The molecule has 0 radical (unpaired) electrons. The molecule has 0 saturated carbocycles. The lowest BCUT2D eigenvalue weighted by Gasteiger charge is -2.04. The minimum Gasteiger partial charge on any atom is -0.197 e. The molecule has 0 heterocycles. The highest BCUT2D eigenvalue weighted by molar-refractivity contribution is 6.31. The van der Waals surface area contributed by atoms with Crippen LogP contribution in [0.4, 0.5) is 4.39 Å². The number of hydrogen-bond acceptors (Lipinski definition) is 0. The van der Waals surface area contributed by atoms with E-state index in [9.17, 15) is 4.39 Å². The lowest BCUT2D eigenvalue weighted by atomic mass is 10.1. The van der Waals surface area contributed by atoms with Crippen molar-refractivity contribution in [1.82, 2.24) is 0 Å². The molecule has 84 valence electrons.